The van der Waals surface area contributed by atoms with E-state index in [-0.39, 0.29) is 0 Å². The standard InChI is InChI=1S/C13H28N2O3/c1-4-6-8-12(5-2)11-18-10-7-9-14-13(16)15(3)17/h12,17H,4-11H2,1-3H3,(H,14,16). The zero-order valence-corrected chi connectivity index (χ0v) is 11.9. The molecule has 0 heterocycles. The molecule has 18 heavy (non-hydrogen) atoms. The number of urea groups is 1. The van der Waals surface area contributed by atoms with Crippen molar-refractivity contribution in [2.75, 3.05) is 26.8 Å². The Hall–Kier alpha value is -0.810. The zero-order valence-electron chi connectivity index (χ0n) is 11.9. The van der Waals surface area contributed by atoms with Gasteiger partial charge in [0.25, 0.3) is 0 Å². The summed E-state index contributed by atoms with van der Waals surface area (Å²) in [4.78, 5) is 11.0. The molecule has 2 amide bonds. The van der Waals surface area contributed by atoms with Crippen LogP contribution in [0.3, 0.4) is 0 Å². The third-order valence-electron chi connectivity index (χ3n) is 2.93. The first-order chi connectivity index (χ1) is 8.61. The number of unbranched alkanes of at least 4 members (excludes halogenated alkanes) is 1. The molecule has 2 N–H and O–H groups in total. The molecular formula is C13H28N2O3. The van der Waals surface area contributed by atoms with Crippen molar-refractivity contribution in [1.29, 1.82) is 0 Å². The summed E-state index contributed by atoms with van der Waals surface area (Å²) in [5.74, 6) is 0.656. The third kappa shape index (κ3) is 9.24. The Morgan fingerprint density at radius 2 is 2.11 bits per heavy atom. The van der Waals surface area contributed by atoms with Crippen LogP contribution in [0.15, 0.2) is 0 Å². The van der Waals surface area contributed by atoms with Gasteiger partial charge < -0.3 is 10.1 Å². The summed E-state index contributed by atoms with van der Waals surface area (Å²) in [5, 5.41) is 11.9. The topological polar surface area (TPSA) is 61.8 Å². The van der Waals surface area contributed by atoms with E-state index in [9.17, 15) is 4.79 Å². The molecule has 0 spiro atoms. The second kappa shape index (κ2) is 11.3. The van der Waals surface area contributed by atoms with Gasteiger partial charge >= 0.3 is 6.03 Å². The molecule has 5 nitrogen and oxygen atoms in total. The molecule has 0 bridgehead atoms. The number of hydroxylamine groups is 2. The first-order valence-corrected chi connectivity index (χ1v) is 6.89. The fourth-order valence-corrected chi connectivity index (χ4v) is 1.63. The van der Waals surface area contributed by atoms with Crippen LogP contribution >= 0.6 is 0 Å². The monoisotopic (exact) mass is 260 g/mol. The Bertz CT molecular complexity index is 210. The molecule has 1 atom stereocenters. The number of ether oxygens (including phenoxy) is 1. The van der Waals surface area contributed by atoms with Crippen molar-refractivity contribution >= 4 is 6.03 Å². The van der Waals surface area contributed by atoms with Crippen molar-refractivity contribution in [2.24, 2.45) is 5.92 Å². The molecular weight excluding hydrogens is 232 g/mol. The molecule has 1 unspecified atom stereocenters. The molecule has 5 heteroatoms. The van der Waals surface area contributed by atoms with Crippen molar-refractivity contribution in [3.05, 3.63) is 0 Å². The summed E-state index contributed by atoms with van der Waals surface area (Å²) < 4.78 is 5.60. The Morgan fingerprint density at radius 3 is 2.67 bits per heavy atom. The maximum absolute atomic E-state index is 11.0. The predicted octanol–water partition coefficient (Wildman–Crippen LogP) is 2.64. The molecule has 0 aromatic heterocycles. The first-order valence-electron chi connectivity index (χ1n) is 6.89. The summed E-state index contributed by atoms with van der Waals surface area (Å²) in [5.41, 5.74) is 0. The number of hydrogen-bond acceptors (Lipinski definition) is 3. The number of nitrogens with one attached hydrogen (secondary N) is 1. The van der Waals surface area contributed by atoms with E-state index in [1.165, 1.54) is 26.3 Å². The number of carbonyl (C=O) groups is 1. The second-order valence-electron chi connectivity index (χ2n) is 4.60. The summed E-state index contributed by atoms with van der Waals surface area (Å²) in [6, 6.07) is -0.482. The highest BCUT2D eigenvalue weighted by molar-refractivity contribution is 5.72. The van der Waals surface area contributed by atoms with Gasteiger partial charge in [-0.1, -0.05) is 33.1 Å². The van der Waals surface area contributed by atoms with Crippen molar-refractivity contribution in [1.82, 2.24) is 10.4 Å². The number of rotatable bonds is 10. The van der Waals surface area contributed by atoms with E-state index >= 15 is 0 Å². The largest absolute Gasteiger partial charge is 0.381 e. The molecule has 0 aliphatic carbocycles. The second-order valence-corrected chi connectivity index (χ2v) is 4.60. The van der Waals surface area contributed by atoms with Crippen LogP contribution in [-0.4, -0.2) is 43.1 Å². The maximum atomic E-state index is 11.0. The first kappa shape index (κ1) is 17.2. The minimum atomic E-state index is -0.482. The van der Waals surface area contributed by atoms with Gasteiger partial charge in [0.15, 0.2) is 0 Å². The highest BCUT2D eigenvalue weighted by Crippen LogP contribution is 2.12. The normalized spacial score (nSPS) is 12.2. The van der Waals surface area contributed by atoms with Crippen LogP contribution in [-0.2, 0) is 4.74 Å². The van der Waals surface area contributed by atoms with E-state index in [2.05, 4.69) is 19.2 Å². The summed E-state index contributed by atoms with van der Waals surface area (Å²) >= 11 is 0. The fourth-order valence-electron chi connectivity index (χ4n) is 1.63. The van der Waals surface area contributed by atoms with Crippen LogP contribution in [0.2, 0.25) is 0 Å². The van der Waals surface area contributed by atoms with Crippen LogP contribution in [0.5, 0.6) is 0 Å². The third-order valence-corrected chi connectivity index (χ3v) is 2.93. The average molecular weight is 260 g/mol. The van der Waals surface area contributed by atoms with Crippen LogP contribution < -0.4 is 5.32 Å². The predicted molar refractivity (Wildman–Crippen MR) is 71.7 cm³/mol. The van der Waals surface area contributed by atoms with Gasteiger partial charge in [-0.25, -0.2) is 9.86 Å². The SMILES string of the molecule is CCCCC(CC)COCCCNC(=O)N(C)O. The number of hydrogen-bond donors (Lipinski definition) is 2. The molecule has 0 saturated carbocycles. The van der Waals surface area contributed by atoms with E-state index < -0.39 is 6.03 Å². The fraction of sp³-hybridized carbons (Fsp3) is 0.923. The highest BCUT2D eigenvalue weighted by atomic mass is 16.5. The quantitative estimate of drug-likeness (QED) is 0.360. The molecule has 0 radical (unpaired) electrons. The van der Waals surface area contributed by atoms with Gasteiger partial charge in [0.05, 0.1) is 0 Å². The number of nitrogens with zero attached hydrogens (tertiary/aromatic N) is 1. The molecule has 0 aromatic carbocycles. The summed E-state index contributed by atoms with van der Waals surface area (Å²) in [7, 11) is 1.30. The average Bonchev–Trinajstić information content (AvgIpc) is 2.36. The summed E-state index contributed by atoms with van der Waals surface area (Å²) in [6.07, 6.45) is 5.66. The van der Waals surface area contributed by atoms with Crippen LogP contribution in [0.4, 0.5) is 4.79 Å². The summed E-state index contributed by atoms with van der Waals surface area (Å²) in [6.45, 7) is 6.38. The van der Waals surface area contributed by atoms with Gasteiger partial charge in [0, 0.05) is 26.8 Å². The molecule has 0 aromatic rings. The van der Waals surface area contributed by atoms with Gasteiger partial charge in [0.1, 0.15) is 0 Å². The molecule has 0 rings (SSSR count). The minimum Gasteiger partial charge on any atom is -0.381 e. The van der Waals surface area contributed by atoms with Crippen molar-refractivity contribution in [2.45, 2.75) is 46.0 Å². The Labute approximate surface area is 110 Å². The van der Waals surface area contributed by atoms with E-state index in [0.29, 0.717) is 24.1 Å². The van der Waals surface area contributed by atoms with Crippen LogP contribution in [0, 0.1) is 5.92 Å². The molecule has 108 valence electrons. The van der Waals surface area contributed by atoms with Gasteiger partial charge in [-0.05, 0) is 18.8 Å². The van der Waals surface area contributed by atoms with Gasteiger partial charge in [-0.2, -0.15) is 0 Å². The van der Waals surface area contributed by atoms with Crippen molar-refractivity contribution in [3.8, 4) is 0 Å². The van der Waals surface area contributed by atoms with Crippen LogP contribution in [0.25, 0.3) is 0 Å². The zero-order chi connectivity index (χ0) is 13.8. The lowest BCUT2D eigenvalue weighted by atomic mass is 10.0. The van der Waals surface area contributed by atoms with Crippen molar-refractivity contribution in [3.63, 3.8) is 0 Å². The van der Waals surface area contributed by atoms with E-state index in [1.54, 1.807) is 0 Å². The van der Waals surface area contributed by atoms with Crippen molar-refractivity contribution < 1.29 is 14.7 Å². The van der Waals surface area contributed by atoms with E-state index in [1.807, 2.05) is 0 Å². The lowest BCUT2D eigenvalue weighted by molar-refractivity contribution is -0.0184. The minimum absolute atomic E-state index is 0.482. The van der Waals surface area contributed by atoms with Crippen LogP contribution in [0.1, 0.15) is 46.0 Å². The smallest absolute Gasteiger partial charge is 0.340 e. The van der Waals surface area contributed by atoms with E-state index in [4.69, 9.17) is 9.94 Å². The Kier molecular flexibility index (Phi) is 10.8. The maximum Gasteiger partial charge on any atom is 0.340 e. The highest BCUT2D eigenvalue weighted by Gasteiger charge is 2.06. The molecule has 0 fully saturated rings. The Balaban J connectivity index is 3.40. The lowest BCUT2D eigenvalue weighted by Crippen LogP contribution is -2.35. The number of carbonyl (C=O) groups excluding carboxylic acids is 1. The molecule has 0 saturated heterocycles. The van der Waals surface area contributed by atoms with Gasteiger partial charge in [0.2, 0.25) is 0 Å². The van der Waals surface area contributed by atoms with E-state index in [0.717, 1.165) is 19.4 Å². The lowest BCUT2D eigenvalue weighted by Gasteiger charge is -2.15. The van der Waals surface area contributed by atoms with Gasteiger partial charge in [-0.15, -0.1) is 0 Å². The Morgan fingerprint density at radius 1 is 1.39 bits per heavy atom. The van der Waals surface area contributed by atoms with Gasteiger partial charge in [-0.3, -0.25) is 5.21 Å². The molecule has 0 aliphatic rings. The molecule has 0 aliphatic heterocycles. The number of amides is 2.